The summed E-state index contributed by atoms with van der Waals surface area (Å²) < 4.78 is 41.5. The summed E-state index contributed by atoms with van der Waals surface area (Å²) >= 11 is 0. The van der Waals surface area contributed by atoms with Crippen LogP contribution >= 0.6 is 0 Å². The van der Waals surface area contributed by atoms with Gasteiger partial charge in [-0.05, 0) is 19.8 Å². The van der Waals surface area contributed by atoms with E-state index >= 15 is 0 Å². The first-order chi connectivity index (χ1) is 14.0. The maximum Gasteiger partial charge on any atom is 0.616 e. The number of rotatable bonds is 21. The summed E-state index contributed by atoms with van der Waals surface area (Å²) in [5.74, 6) is -0.242. The Labute approximate surface area is 178 Å². The number of carbonyl (C=O) groups excluding carboxylic acids is 1. The van der Waals surface area contributed by atoms with Crippen LogP contribution in [0.1, 0.15) is 116 Å². The van der Waals surface area contributed by atoms with E-state index in [9.17, 15) is 17.1 Å². The van der Waals surface area contributed by atoms with Gasteiger partial charge >= 0.3 is 15.0 Å². The third-order valence-electron chi connectivity index (χ3n) is 5.15. The predicted octanol–water partition coefficient (Wildman–Crippen LogP) is 8.58. The van der Waals surface area contributed by atoms with E-state index < -0.39 is 15.1 Å². The number of unbranched alkanes of at least 4 members (excludes halogenated alkanes) is 16. The van der Waals surface area contributed by atoms with Gasteiger partial charge in [-0.3, -0.25) is 0 Å². The Hall–Kier alpha value is -0.783. The first kappa shape index (κ1) is 28.2. The van der Waals surface area contributed by atoms with E-state index in [0.717, 1.165) is 32.1 Å². The van der Waals surface area contributed by atoms with Crippen molar-refractivity contribution in [2.24, 2.45) is 0 Å². The molecule has 6 heteroatoms. The molecule has 29 heavy (non-hydrogen) atoms. The van der Waals surface area contributed by atoms with Gasteiger partial charge in [0.1, 0.15) is 0 Å². The molecule has 0 aromatic carbocycles. The quantitative estimate of drug-likeness (QED) is 0.0592. The first-order valence-corrected chi connectivity index (χ1v) is 13.7. The largest absolute Gasteiger partial charge is 0.616 e. The standard InChI is InChI=1S/C23H43F3O2Si/c1-2-20-23(27)28-21-18-16-14-12-10-8-6-4-3-5-7-9-11-13-15-17-19-22-29(24,25)26/h2,20H,3-19,21-22H2,1H3. The molecule has 0 aliphatic rings. The number of ether oxygens (including phenoxy) is 1. The number of hydrogen-bond donors (Lipinski definition) is 0. The van der Waals surface area contributed by atoms with Crippen molar-refractivity contribution < 1.29 is 21.9 Å². The normalized spacial score (nSPS) is 12.0. The van der Waals surface area contributed by atoms with E-state index in [0.29, 0.717) is 13.0 Å². The van der Waals surface area contributed by atoms with Gasteiger partial charge in [-0.2, -0.15) is 0 Å². The van der Waals surface area contributed by atoms with Crippen LogP contribution in [-0.2, 0) is 9.53 Å². The molecule has 0 N–H and O–H groups in total. The summed E-state index contributed by atoms with van der Waals surface area (Å²) in [6, 6.07) is -0.485. The second kappa shape index (κ2) is 20.5. The molecule has 0 bridgehead atoms. The lowest BCUT2D eigenvalue weighted by atomic mass is 10.0. The molecular formula is C23H43F3O2Si. The third kappa shape index (κ3) is 25.2. The highest BCUT2D eigenvalue weighted by molar-refractivity contribution is 6.58. The number of allylic oxidation sites excluding steroid dienone is 1. The topological polar surface area (TPSA) is 26.3 Å². The zero-order valence-corrected chi connectivity index (χ0v) is 19.5. The Morgan fingerprint density at radius 2 is 1.00 bits per heavy atom. The second-order valence-electron chi connectivity index (χ2n) is 8.04. The zero-order chi connectivity index (χ0) is 21.6. The summed E-state index contributed by atoms with van der Waals surface area (Å²) in [7, 11) is -5.29. The molecule has 0 aliphatic heterocycles. The minimum Gasteiger partial charge on any atom is -0.463 e. The van der Waals surface area contributed by atoms with Gasteiger partial charge in [0.05, 0.1) is 6.61 Å². The van der Waals surface area contributed by atoms with E-state index in [1.54, 1.807) is 13.0 Å². The molecule has 0 aliphatic carbocycles. The van der Waals surface area contributed by atoms with Crippen LogP contribution in [0.15, 0.2) is 12.2 Å². The lowest BCUT2D eigenvalue weighted by Gasteiger charge is -2.04. The highest BCUT2D eigenvalue weighted by Gasteiger charge is 2.35. The Balaban J connectivity index is 3.09. The minimum atomic E-state index is -5.29. The van der Waals surface area contributed by atoms with Crippen LogP contribution in [0.2, 0.25) is 6.04 Å². The molecule has 0 heterocycles. The zero-order valence-electron chi connectivity index (χ0n) is 18.5. The molecule has 2 nitrogen and oxygen atoms in total. The van der Waals surface area contributed by atoms with Gasteiger partial charge < -0.3 is 4.74 Å². The van der Waals surface area contributed by atoms with Gasteiger partial charge in [-0.15, -0.1) is 0 Å². The number of halogens is 3. The van der Waals surface area contributed by atoms with Crippen molar-refractivity contribution in [2.75, 3.05) is 6.61 Å². The molecule has 0 saturated heterocycles. The van der Waals surface area contributed by atoms with Gasteiger partial charge in [0.25, 0.3) is 0 Å². The van der Waals surface area contributed by atoms with Crippen LogP contribution in [-0.4, -0.2) is 21.7 Å². The molecule has 0 rings (SSSR count). The fraction of sp³-hybridized carbons (Fsp3) is 0.870. The maximum atomic E-state index is 12.1. The van der Waals surface area contributed by atoms with Gasteiger partial charge in [0.15, 0.2) is 0 Å². The molecule has 0 aromatic heterocycles. The van der Waals surface area contributed by atoms with E-state index in [1.165, 1.54) is 76.7 Å². The monoisotopic (exact) mass is 436 g/mol. The van der Waals surface area contributed by atoms with Crippen molar-refractivity contribution in [3.8, 4) is 0 Å². The molecule has 0 unspecified atom stereocenters. The van der Waals surface area contributed by atoms with E-state index in [1.807, 2.05) is 0 Å². The van der Waals surface area contributed by atoms with Gasteiger partial charge in [0.2, 0.25) is 0 Å². The molecule has 0 amide bonds. The second-order valence-corrected chi connectivity index (χ2v) is 9.77. The molecule has 0 spiro atoms. The fourth-order valence-corrected chi connectivity index (χ4v) is 4.09. The number of carbonyl (C=O) groups is 1. The third-order valence-corrected chi connectivity index (χ3v) is 6.07. The predicted molar refractivity (Wildman–Crippen MR) is 118 cm³/mol. The van der Waals surface area contributed by atoms with Crippen LogP contribution in [0, 0.1) is 0 Å². The summed E-state index contributed by atoms with van der Waals surface area (Å²) in [5, 5.41) is 0. The van der Waals surface area contributed by atoms with E-state index in [-0.39, 0.29) is 5.97 Å². The number of esters is 1. The molecule has 0 fully saturated rings. The molecule has 0 saturated carbocycles. The average molecular weight is 437 g/mol. The molecule has 172 valence electrons. The Morgan fingerprint density at radius 3 is 1.34 bits per heavy atom. The number of hydrogen-bond acceptors (Lipinski definition) is 2. The van der Waals surface area contributed by atoms with Crippen molar-refractivity contribution in [2.45, 2.75) is 122 Å². The van der Waals surface area contributed by atoms with Gasteiger partial charge in [-0.25, -0.2) is 17.1 Å². The van der Waals surface area contributed by atoms with E-state index in [4.69, 9.17) is 4.74 Å². The van der Waals surface area contributed by atoms with Crippen molar-refractivity contribution in [1.82, 2.24) is 0 Å². The van der Waals surface area contributed by atoms with Crippen molar-refractivity contribution >= 4 is 15.0 Å². The summed E-state index contributed by atoms with van der Waals surface area (Å²) in [4.78, 5) is 11.1. The Morgan fingerprint density at radius 1 is 0.655 bits per heavy atom. The van der Waals surface area contributed by atoms with Gasteiger partial charge in [-0.1, -0.05) is 102 Å². The summed E-state index contributed by atoms with van der Waals surface area (Å²) in [6.07, 6.45) is 22.4. The summed E-state index contributed by atoms with van der Waals surface area (Å²) in [6.45, 7) is 2.34. The Bertz CT molecular complexity index is 398. The van der Waals surface area contributed by atoms with E-state index in [2.05, 4.69) is 0 Å². The lowest BCUT2D eigenvalue weighted by molar-refractivity contribution is -0.137. The van der Waals surface area contributed by atoms with Crippen molar-refractivity contribution in [3.05, 3.63) is 12.2 Å². The van der Waals surface area contributed by atoms with Gasteiger partial charge in [0, 0.05) is 12.1 Å². The Kier molecular flexibility index (Phi) is 19.9. The van der Waals surface area contributed by atoms with Crippen LogP contribution in [0.5, 0.6) is 0 Å². The minimum absolute atomic E-state index is 0.242. The average Bonchev–Trinajstić information content (AvgIpc) is 2.65. The lowest BCUT2D eigenvalue weighted by Crippen LogP contribution is -2.13. The smallest absolute Gasteiger partial charge is 0.463 e. The SMILES string of the molecule is CC=CC(=O)OCCCCCCCCCCCCCCCCCCC[Si](F)(F)F. The molecule has 0 radical (unpaired) electrons. The molecular weight excluding hydrogens is 393 g/mol. The van der Waals surface area contributed by atoms with Crippen LogP contribution < -0.4 is 0 Å². The molecule has 0 atom stereocenters. The maximum absolute atomic E-state index is 12.1. The highest BCUT2D eigenvalue weighted by Crippen LogP contribution is 2.20. The van der Waals surface area contributed by atoms with Crippen LogP contribution in [0.4, 0.5) is 12.3 Å². The highest BCUT2D eigenvalue weighted by atomic mass is 28.5. The first-order valence-electron chi connectivity index (χ1n) is 11.8. The van der Waals surface area contributed by atoms with Crippen molar-refractivity contribution in [3.63, 3.8) is 0 Å². The van der Waals surface area contributed by atoms with Crippen LogP contribution in [0.3, 0.4) is 0 Å². The van der Waals surface area contributed by atoms with Crippen molar-refractivity contribution in [1.29, 1.82) is 0 Å². The summed E-state index contributed by atoms with van der Waals surface area (Å²) in [5.41, 5.74) is 0. The molecule has 0 aromatic rings. The van der Waals surface area contributed by atoms with Crippen LogP contribution in [0.25, 0.3) is 0 Å². The fourth-order valence-electron chi connectivity index (χ4n) is 3.44.